The van der Waals surface area contributed by atoms with Crippen molar-refractivity contribution < 1.29 is 0 Å². The molecule has 0 aliphatic rings. The second-order valence-corrected chi connectivity index (χ2v) is 12.7. The maximum Gasteiger partial charge on any atom is 0.195 e. The predicted molar refractivity (Wildman–Crippen MR) is 80.4 cm³/mol. The Hall–Kier alpha value is -0.783. The van der Waals surface area contributed by atoms with Crippen LogP contribution in [0.3, 0.4) is 0 Å². The Morgan fingerprint density at radius 1 is 1.33 bits per heavy atom. The highest BCUT2D eigenvalue weighted by Crippen LogP contribution is 2.23. The van der Waals surface area contributed by atoms with Gasteiger partial charge >= 0.3 is 0 Å². The van der Waals surface area contributed by atoms with Crippen LogP contribution >= 0.6 is 23.4 Å². The van der Waals surface area contributed by atoms with Crippen molar-refractivity contribution in [3.8, 4) is 5.69 Å². The number of rotatable bonds is 4. The average molecular weight is 298 g/mol. The van der Waals surface area contributed by atoms with Crippen molar-refractivity contribution in [3.63, 3.8) is 0 Å². The van der Waals surface area contributed by atoms with Crippen LogP contribution in [-0.4, -0.2) is 28.2 Å². The molecule has 96 valence electrons. The lowest BCUT2D eigenvalue weighted by Crippen LogP contribution is -2.24. The van der Waals surface area contributed by atoms with E-state index in [2.05, 4.69) is 29.8 Å². The summed E-state index contributed by atoms with van der Waals surface area (Å²) in [6.07, 6.45) is 1.73. The summed E-state index contributed by atoms with van der Waals surface area (Å²) in [7, 11) is -1.09. The van der Waals surface area contributed by atoms with Crippen molar-refractivity contribution in [2.24, 2.45) is 0 Å². The number of hydrogen-bond donors (Lipinski definition) is 0. The summed E-state index contributed by atoms with van der Waals surface area (Å²) in [6.45, 7) is 7.04. The number of halogens is 1. The molecule has 1 aromatic heterocycles. The van der Waals surface area contributed by atoms with Gasteiger partial charge in [-0.1, -0.05) is 49.1 Å². The van der Waals surface area contributed by atoms with Crippen LogP contribution in [0, 0.1) is 0 Å². The fourth-order valence-electron chi connectivity index (χ4n) is 1.41. The van der Waals surface area contributed by atoms with Crippen molar-refractivity contribution >= 4 is 31.4 Å². The first-order valence-corrected chi connectivity index (χ1v) is 10.8. The molecular weight excluding hydrogens is 282 g/mol. The fourth-order valence-corrected chi connectivity index (χ4v) is 4.24. The first kappa shape index (κ1) is 13.6. The van der Waals surface area contributed by atoms with Gasteiger partial charge in [-0.25, -0.2) is 0 Å². The van der Waals surface area contributed by atoms with Crippen LogP contribution in [0.2, 0.25) is 24.7 Å². The Morgan fingerprint density at radius 2 is 2.11 bits per heavy atom. The maximum atomic E-state index is 6.01. The van der Waals surface area contributed by atoms with Crippen LogP contribution in [-0.2, 0) is 0 Å². The van der Waals surface area contributed by atoms with E-state index >= 15 is 0 Å². The topological polar surface area (TPSA) is 30.7 Å². The second kappa shape index (κ2) is 5.46. The minimum atomic E-state index is -1.09. The van der Waals surface area contributed by atoms with Gasteiger partial charge in [0.25, 0.3) is 0 Å². The molecule has 0 fully saturated rings. The number of nitrogens with zero attached hydrogens (tertiary/aromatic N) is 3. The number of thioether (sulfide) groups is 1. The Balaban J connectivity index is 2.23. The molecule has 0 radical (unpaired) electrons. The first-order chi connectivity index (χ1) is 8.46. The van der Waals surface area contributed by atoms with Gasteiger partial charge in [0.15, 0.2) is 5.16 Å². The van der Waals surface area contributed by atoms with E-state index < -0.39 is 8.07 Å². The normalized spacial score (nSPS) is 11.8. The highest BCUT2D eigenvalue weighted by atomic mass is 35.5. The molecule has 0 bridgehead atoms. The lowest BCUT2D eigenvalue weighted by molar-refractivity contribution is 0.886. The molecule has 1 heterocycles. The van der Waals surface area contributed by atoms with Crippen LogP contribution < -0.4 is 0 Å². The van der Waals surface area contributed by atoms with Gasteiger partial charge < -0.3 is 0 Å². The maximum absolute atomic E-state index is 6.01. The molecule has 2 aromatic rings. The Bertz CT molecular complexity index is 536. The summed E-state index contributed by atoms with van der Waals surface area (Å²) < 4.78 is 1.98. The Kier molecular flexibility index (Phi) is 4.14. The molecule has 2 rings (SSSR count). The molecule has 0 atom stereocenters. The van der Waals surface area contributed by atoms with Gasteiger partial charge in [0.1, 0.15) is 6.33 Å². The monoisotopic (exact) mass is 297 g/mol. The van der Waals surface area contributed by atoms with Crippen molar-refractivity contribution in [2.45, 2.75) is 24.8 Å². The van der Waals surface area contributed by atoms with E-state index in [9.17, 15) is 0 Å². The van der Waals surface area contributed by atoms with Gasteiger partial charge in [-0.3, -0.25) is 4.57 Å². The van der Waals surface area contributed by atoms with Crippen LogP contribution in [0.15, 0.2) is 35.7 Å². The molecule has 0 saturated heterocycles. The number of hydrogen-bond acceptors (Lipinski definition) is 3. The molecular formula is C12H16ClN3SSi. The fraction of sp³-hybridized carbons (Fsp3) is 0.333. The average Bonchev–Trinajstić information content (AvgIpc) is 2.73. The third-order valence-corrected chi connectivity index (χ3v) is 7.05. The third kappa shape index (κ3) is 3.60. The summed E-state index contributed by atoms with van der Waals surface area (Å²) in [4.78, 5) is 0. The molecule has 0 unspecified atom stereocenters. The number of aromatic nitrogens is 3. The minimum absolute atomic E-state index is 0.724. The predicted octanol–water partition coefficient (Wildman–Crippen LogP) is 3.89. The van der Waals surface area contributed by atoms with E-state index in [-0.39, 0.29) is 0 Å². The Morgan fingerprint density at radius 3 is 2.78 bits per heavy atom. The van der Waals surface area contributed by atoms with E-state index in [1.165, 1.54) is 0 Å². The van der Waals surface area contributed by atoms with E-state index in [1.54, 1.807) is 18.1 Å². The summed E-state index contributed by atoms with van der Waals surface area (Å²) in [6, 6.07) is 7.73. The molecule has 0 aliphatic heterocycles. The zero-order valence-electron chi connectivity index (χ0n) is 10.7. The van der Waals surface area contributed by atoms with E-state index in [0.29, 0.717) is 0 Å². The van der Waals surface area contributed by atoms with Gasteiger partial charge in [0.2, 0.25) is 0 Å². The number of benzene rings is 1. The highest BCUT2D eigenvalue weighted by molar-refractivity contribution is 8.00. The molecule has 6 heteroatoms. The lowest BCUT2D eigenvalue weighted by Gasteiger charge is -2.14. The Labute approximate surface area is 118 Å². The van der Waals surface area contributed by atoms with Gasteiger partial charge in [-0.05, 0) is 23.6 Å². The van der Waals surface area contributed by atoms with Crippen molar-refractivity contribution in [3.05, 3.63) is 35.6 Å². The second-order valence-electron chi connectivity index (χ2n) is 5.31. The van der Waals surface area contributed by atoms with Crippen molar-refractivity contribution in [1.29, 1.82) is 0 Å². The molecule has 3 nitrogen and oxygen atoms in total. The molecule has 0 spiro atoms. The SMILES string of the molecule is C[Si](C)(C)CSc1nncn1-c1cccc(Cl)c1. The summed E-state index contributed by atoms with van der Waals surface area (Å²) >= 11 is 7.78. The van der Waals surface area contributed by atoms with Gasteiger partial charge in [-0.2, -0.15) is 0 Å². The van der Waals surface area contributed by atoms with Crippen LogP contribution in [0.25, 0.3) is 5.69 Å². The van der Waals surface area contributed by atoms with Gasteiger partial charge in [-0.15, -0.1) is 10.2 Å². The quantitative estimate of drug-likeness (QED) is 0.633. The van der Waals surface area contributed by atoms with E-state index in [4.69, 9.17) is 11.6 Å². The largest absolute Gasteiger partial charge is 0.277 e. The molecule has 1 aromatic carbocycles. The van der Waals surface area contributed by atoms with Crippen molar-refractivity contribution in [2.75, 3.05) is 5.38 Å². The molecule has 0 amide bonds. The van der Waals surface area contributed by atoms with Gasteiger partial charge in [0.05, 0.1) is 13.8 Å². The smallest absolute Gasteiger partial charge is 0.195 e. The summed E-state index contributed by atoms with van der Waals surface area (Å²) in [5.74, 6) is 0. The highest BCUT2D eigenvalue weighted by Gasteiger charge is 2.16. The molecule has 0 N–H and O–H groups in total. The van der Waals surface area contributed by atoms with E-state index in [0.717, 1.165) is 21.2 Å². The van der Waals surface area contributed by atoms with Crippen LogP contribution in [0.5, 0.6) is 0 Å². The minimum Gasteiger partial charge on any atom is -0.277 e. The van der Waals surface area contributed by atoms with Crippen LogP contribution in [0.1, 0.15) is 0 Å². The molecule has 18 heavy (non-hydrogen) atoms. The van der Waals surface area contributed by atoms with Crippen LogP contribution in [0.4, 0.5) is 0 Å². The zero-order valence-corrected chi connectivity index (χ0v) is 13.3. The molecule has 0 saturated carbocycles. The zero-order chi connectivity index (χ0) is 13.2. The van der Waals surface area contributed by atoms with E-state index in [1.807, 2.05) is 28.8 Å². The lowest BCUT2D eigenvalue weighted by atomic mass is 10.3. The summed E-state index contributed by atoms with van der Waals surface area (Å²) in [5.41, 5.74) is 1.01. The summed E-state index contributed by atoms with van der Waals surface area (Å²) in [5, 5.41) is 11.0. The van der Waals surface area contributed by atoms with Crippen molar-refractivity contribution in [1.82, 2.24) is 14.8 Å². The first-order valence-electron chi connectivity index (χ1n) is 5.74. The third-order valence-electron chi connectivity index (χ3n) is 2.24. The molecule has 0 aliphatic carbocycles. The standard InChI is InChI=1S/C12H16ClN3SSi/c1-18(2,3)9-17-12-15-14-8-16(12)11-6-4-5-10(13)7-11/h4-8H,9H2,1-3H3. The van der Waals surface area contributed by atoms with Gasteiger partial charge in [0, 0.05) is 5.02 Å².